The lowest BCUT2D eigenvalue weighted by molar-refractivity contribution is -0.660. The van der Waals surface area contributed by atoms with E-state index in [1.54, 1.807) is 0 Å². The quantitative estimate of drug-likeness (QED) is 0.488. The summed E-state index contributed by atoms with van der Waals surface area (Å²) in [7, 11) is 2.08. The minimum atomic E-state index is 0.987. The molecule has 0 fully saturated rings. The average Bonchev–Trinajstić information content (AvgIpc) is 2.84. The first kappa shape index (κ1) is 12.1. The molecule has 4 aromatic rings. The van der Waals surface area contributed by atoms with E-state index in [9.17, 15) is 0 Å². The van der Waals surface area contributed by atoms with Gasteiger partial charge in [-0.25, -0.2) is 9.55 Å². The standard InChI is InChI=1S/C18H16N3/c1-13-11-15-17(21-10-6-4-8-18(21)19-15)12-14(13)16-7-3-5-9-20(16)2/h3-12H,1-2H3/q+1. The van der Waals surface area contributed by atoms with E-state index >= 15 is 0 Å². The number of rotatable bonds is 1. The van der Waals surface area contributed by atoms with Gasteiger partial charge in [0.2, 0.25) is 5.69 Å². The third kappa shape index (κ3) is 1.82. The molecule has 0 N–H and O–H groups in total. The Labute approximate surface area is 123 Å². The molecule has 21 heavy (non-hydrogen) atoms. The normalized spacial score (nSPS) is 11.3. The maximum atomic E-state index is 4.69. The molecule has 0 bridgehead atoms. The molecule has 4 rings (SSSR count). The molecule has 0 aliphatic carbocycles. The summed E-state index contributed by atoms with van der Waals surface area (Å²) < 4.78 is 4.29. The summed E-state index contributed by atoms with van der Waals surface area (Å²) in [6, 6.07) is 16.8. The van der Waals surface area contributed by atoms with Gasteiger partial charge in [-0.15, -0.1) is 0 Å². The average molecular weight is 274 g/mol. The molecular weight excluding hydrogens is 258 g/mol. The topological polar surface area (TPSA) is 21.2 Å². The molecule has 102 valence electrons. The molecule has 0 spiro atoms. The van der Waals surface area contributed by atoms with Crippen molar-refractivity contribution < 1.29 is 4.57 Å². The summed E-state index contributed by atoms with van der Waals surface area (Å²) in [5, 5.41) is 0. The van der Waals surface area contributed by atoms with E-state index in [1.807, 2.05) is 24.3 Å². The van der Waals surface area contributed by atoms with Gasteiger partial charge in [-0.05, 0) is 42.8 Å². The van der Waals surface area contributed by atoms with Crippen LogP contribution >= 0.6 is 0 Å². The van der Waals surface area contributed by atoms with Crippen LogP contribution in [0.3, 0.4) is 0 Å². The highest BCUT2D eigenvalue weighted by Gasteiger charge is 2.14. The number of pyridine rings is 2. The monoisotopic (exact) mass is 274 g/mol. The predicted octanol–water partition coefficient (Wildman–Crippen LogP) is 3.29. The van der Waals surface area contributed by atoms with Gasteiger partial charge in [-0.1, -0.05) is 6.07 Å². The Bertz CT molecular complexity index is 967. The summed E-state index contributed by atoms with van der Waals surface area (Å²) in [5.41, 5.74) is 6.88. The Morgan fingerprint density at radius 3 is 2.76 bits per heavy atom. The molecular formula is C18H16N3+. The molecule has 0 atom stereocenters. The van der Waals surface area contributed by atoms with Gasteiger partial charge in [0, 0.05) is 18.3 Å². The van der Waals surface area contributed by atoms with Crippen molar-refractivity contribution in [2.24, 2.45) is 7.05 Å². The van der Waals surface area contributed by atoms with Gasteiger partial charge < -0.3 is 0 Å². The number of hydrogen-bond acceptors (Lipinski definition) is 1. The van der Waals surface area contributed by atoms with Gasteiger partial charge >= 0.3 is 0 Å². The van der Waals surface area contributed by atoms with E-state index in [2.05, 4.69) is 64.6 Å². The van der Waals surface area contributed by atoms with Crippen molar-refractivity contribution in [3.05, 3.63) is 66.5 Å². The van der Waals surface area contributed by atoms with E-state index in [-0.39, 0.29) is 0 Å². The minimum Gasteiger partial charge on any atom is -0.300 e. The van der Waals surface area contributed by atoms with Gasteiger partial charge in [0.1, 0.15) is 12.7 Å². The molecule has 0 aliphatic rings. The number of fused-ring (bicyclic) bond motifs is 3. The molecule has 0 radical (unpaired) electrons. The number of imidazole rings is 1. The zero-order valence-electron chi connectivity index (χ0n) is 12.1. The van der Waals surface area contributed by atoms with Crippen LogP contribution in [0.15, 0.2) is 60.9 Å². The number of aryl methyl sites for hydroxylation is 2. The van der Waals surface area contributed by atoms with Crippen LogP contribution in [-0.2, 0) is 7.05 Å². The Kier molecular flexibility index (Phi) is 2.54. The predicted molar refractivity (Wildman–Crippen MR) is 84.0 cm³/mol. The van der Waals surface area contributed by atoms with E-state index in [1.165, 1.54) is 16.8 Å². The molecule has 3 heterocycles. The zero-order chi connectivity index (χ0) is 14.4. The number of nitrogens with zero attached hydrogens (tertiary/aromatic N) is 3. The molecule has 1 aromatic carbocycles. The van der Waals surface area contributed by atoms with Crippen molar-refractivity contribution in [1.82, 2.24) is 9.38 Å². The summed E-state index contributed by atoms with van der Waals surface area (Å²) in [4.78, 5) is 4.69. The van der Waals surface area contributed by atoms with E-state index in [0.29, 0.717) is 0 Å². The number of hydrogen-bond donors (Lipinski definition) is 0. The molecule has 3 aromatic heterocycles. The maximum absolute atomic E-state index is 4.69. The molecule has 3 heteroatoms. The highest BCUT2D eigenvalue weighted by molar-refractivity contribution is 5.86. The van der Waals surface area contributed by atoms with Crippen molar-refractivity contribution in [3.8, 4) is 11.3 Å². The van der Waals surface area contributed by atoms with Crippen LogP contribution in [0.4, 0.5) is 0 Å². The fourth-order valence-corrected chi connectivity index (χ4v) is 2.90. The summed E-state index contributed by atoms with van der Waals surface area (Å²) >= 11 is 0. The summed E-state index contributed by atoms with van der Waals surface area (Å²) in [5.74, 6) is 0. The van der Waals surface area contributed by atoms with Crippen LogP contribution in [0.25, 0.3) is 27.9 Å². The van der Waals surface area contributed by atoms with Gasteiger partial charge in [0.05, 0.1) is 16.6 Å². The molecule has 3 nitrogen and oxygen atoms in total. The van der Waals surface area contributed by atoms with Crippen molar-refractivity contribution in [1.29, 1.82) is 0 Å². The molecule has 0 saturated carbocycles. The second kappa shape index (κ2) is 4.42. The van der Waals surface area contributed by atoms with Gasteiger partial charge in [-0.2, -0.15) is 0 Å². The third-order valence-electron chi connectivity index (χ3n) is 3.99. The summed E-state index contributed by atoms with van der Waals surface area (Å²) in [6.07, 6.45) is 4.14. The second-order valence-corrected chi connectivity index (χ2v) is 5.39. The first-order valence-corrected chi connectivity index (χ1v) is 7.06. The van der Waals surface area contributed by atoms with Crippen molar-refractivity contribution >= 4 is 16.7 Å². The van der Waals surface area contributed by atoms with Crippen molar-refractivity contribution in [2.45, 2.75) is 6.92 Å². The van der Waals surface area contributed by atoms with Crippen LogP contribution in [0.2, 0.25) is 0 Å². The van der Waals surface area contributed by atoms with E-state index in [0.717, 1.165) is 16.7 Å². The SMILES string of the molecule is Cc1cc2nc3ccccn3c2cc1-c1cccc[n+]1C. The largest absolute Gasteiger partial charge is 0.300 e. The van der Waals surface area contributed by atoms with Crippen LogP contribution in [0.1, 0.15) is 5.56 Å². The lowest BCUT2D eigenvalue weighted by atomic mass is 10.0. The van der Waals surface area contributed by atoms with Crippen LogP contribution < -0.4 is 4.57 Å². The van der Waals surface area contributed by atoms with Crippen LogP contribution in [0, 0.1) is 6.92 Å². The molecule has 0 amide bonds. The van der Waals surface area contributed by atoms with Crippen LogP contribution in [0.5, 0.6) is 0 Å². The fraction of sp³-hybridized carbons (Fsp3) is 0.111. The first-order valence-electron chi connectivity index (χ1n) is 7.06. The lowest BCUT2D eigenvalue weighted by Gasteiger charge is -2.05. The van der Waals surface area contributed by atoms with Gasteiger partial charge in [0.15, 0.2) is 6.20 Å². The Morgan fingerprint density at radius 1 is 1.05 bits per heavy atom. The van der Waals surface area contributed by atoms with Crippen molar-refractivity contribution in [3.63, 3.8) is 0 Å². The lowest BCUT2D eigenvalue weighted by Crippen LogP contribution is -2.30. The maximum Gasteiger partial charge on any atom is 0.212 e. The smallest absolute Gasteiger partial charge is 0.212 e. The van der Waals surface area contributed by atoms with Gasteiger partial charge in [-0.3, -0.25) is 4.40 Å². The highest BCUT2D eigenvalue weighted by atomic mass is 15.0. The Morgan fingerprint density at radius 2 is 1.90 bits per heavy atom. The second-order valence-electron chi connectivity index (χ2n) is 5.39. The highest BCUT2D eigenvalue weighted by Crippen LogP contribution is 2.26. The zero-order valence-corrected chi connectivity index (χ0v) is 12.1. The Balaban J connectivity index is 2.08. The van der Waals surface area contributed by atoms with E-state index < -0.39 is 0 Å². The van der Waals surface area contributed by atoms with Crippen molar-refractivity contribution in [2.75, 3.05) is 0 Å². The minimum absolute atomic E-state index is 0.987. The molecule has 0 aliphatic heterocycles. The van der Waals surface area contributed by atoms with Crippen LogP contribution in [-0.4, -0.2) is 9.38 Å². The molecule has 0 unspecified atom stereocenters. The molecule has 0 saturated heterocycles. The van der Waals surface area contributed by atoms with E-state index in [4.69, 9.17) is 0 Å². The Hall–Kier alpha value is -2.68. The number of benzene rings is 1. The summed E-state index contributed by atoms with van der Waals surface area (Å²) in [6.45, 7) is 2.14. The third-order valence-corrected chi connectivity index (χ3v) is 3.99. The first-order chi connectivity index (χ1) is 10.2. The number of aromatic nitrogens is 3. The fourth-order valence-electron chi connectivity index (χ4n) is 2.90. The van der Waals surface area contributed by atoms with Gasteiger partial charge in [0.25, 0.3) is 0 Å².